The van der Waals surface area contributed by atoms with Crippen LogP contribution < -0.4 is 5.73 Å². The highest BCUT2D eigenvalue weighted by molar-refractivity contribution is 7.80. The van der Waals surface area contributed by atoms with Crippen LogP contribution in [0.1, 0.15) is 40.0 Å². The van der Waals surface area contributed by atoms with Gasteiger partial charge < -0.3 is 15.4 Å². The molecule has 1 unspecified atom stereocenters. The SMILES string of the molecule is CCOC1CCCN(CCC(C)(C)C(N)=S)C1. The van der Waals surface area contributed by atoms with Crippen LogP contribution in [0.3, 0.4) is 0 Å². The molecule has 1 rings (SSSR count). The molecule has 0 aromatic heterocycles. The molecule has 0 amide bonds. The highest BCUT2D eigenvalue weighted by atomic mass is 32.1. The van der Waals surface area contributed by atoms with Crippen molar-refractivity contribution < 1.29 is 4.74 Å². The zero-order chi connectivity index (χ0) is 12.9. The molecule has 0 aromatic carbocycles. The molecule has 0 radical (unpaired) electrons. The van der Waals surface area contributed by atoms with Crippen molar-refractivity contribution >= 4 is 17.2 Å². The van der Waals surface area contributed by atoms with Gasteiger partial charge in [0.25, 0.3) is 0 Å². The first kappa shape index (κ1) is 14.9. The van der Waals surface area contributed by atoms with E-state index in [4.69, 9.17) is 22.7 Å². The molecule has 0 aliphatic carbocycles. The molecule has 100 valence electrons. The van der Waals surface area contributed by atoms with Crippen molar-refractivity contribution in [1.29, 1.82) is 0 Å². The largest absolute Gasteiger partial charge is 0.393 e. The van der Waals surface area contributed by atoms with E-state index in [0.717, 1.165) is 26.1 Å². The second kappa shape index (κ2) is 6.66. The second-order valence-electron chi connectivity index (χ2n) is 5.52. The Morgan fingerprint density at radius 3 is 2.82 bits per heavy atom. The first-order chi connectivity index (χ1) is 7.95. The summed E-state index contributed by atoms with van der Waals surface area (Å²) in [5.74, 6) is 0. The molecule has 1 aliphatic heterocycles. The minimum Gasteiger partial charge on any atom is -0.393 e. The summed E-state index contributed by atoms with van der Waals surface area (Å²) in [6.07, 6.45) is 3.88. The van der Waals surface area contributed by atoms with E-state index in [-0.39, 0.29) is 5.41 Å². The number of piperidine rings is 1. The maximum absolute atomic E-state index is 5.75. The van der Waals surface area contributed by atoms with Crippen LogP contribution in [0.2, 0.25) is 0 Å². The van der Waals surface area contributed by atoms with E-state index in [1.165, 1.54) is 19.4 Å². The van der Waals surface area contributed by atoms with Crippen molar-refractivity contribution in [3.05, 3.63) is 0 Å². The minimum atomic E-state index is -0.0338. The van der Waals surface area contributed by atoms with Gasteiger partial charge >= 0.3 is 0 Å². The highest BCUT2D eigenvalue weighted by Crippen LogP contribution is 2.22. The number of ether oxygens (including phenoxy) is 1. The number of likely N-dealkylation sites (tertiary alicyclic amines) is 1. The number of nitrogens with two attached hydrogens (primary N) is 1. The van der Waals surface area contributed by atoms with Crippen LogP contribution in [0.4, 0.5) is 0 Å². The fourth-order valence-corrected chi connectivity index (χ4v) is 2.25. The lowest BCUT2D eigenvalue weighted by molar-refractivity contribution is 0.00431. The molecular weight excluding hydrogens is 232 g/mol. The molecular formula is C13H26N2OS. The third-order valence-corrected chi connectivity index (χ3v) is 4.14. The van der Waals surface area contributed by atoms with Gasteiger partial charge in [-0.05, 0) is 39.3 Å². The fraction of sp³-hybridized carbons (Fsp3) is 0.923. The Labute approximate surface area is 111 Å². The first-order valence-corrected chi connectivity index (χ1v) is 7.00. The number of nitrogens with zero attached hydrogens (tertiary/aromatic N) is 1. The van der Waals surface area contributed by atoms with Crippen LogP contribution in [0.15, 0.2) is 0 Å². The van der Waals surface area contributed by atoms with E-state index in [1.807, 2.05) is 0 Å². The normalized spacial score (nSPS) is 22.6. The Balaban J connectivity index is 2.34. The van der Waals surface area contributed by atoms with Crippen molar-refractivity contribution in [3.63, 3.8) is 0 Å². The number of thiocarbonyl (C=S) groups is 1. The van der Waals surface area contributed by atoms with Crippen molar-refractivity contribution in [2.75, 3.05) is 26.2 Å². The van der Waals surface area contributed by atoms with Crippen LogP contribution in [0.5, 0.6) is 0 Å². The van der Waals surface area contributed by atoms with Crippen molar-refractivity contribution in [1.82, 2.24) is 4.90 Å². The van der Waals surface area contributed by atoms with Gasteiger partial charge in [-0.2, -0.15) is 0 Å². The molecule has 0 aromatic rings. The highest BCUT2D eigenvalue weighted by Gasteiger charge is 2.25. The monoisotopic (exact) mass is 258 g/mol. The molecule has 3 nitrogen and oxygen atoms in total. The summed E-state index contributed by atoms with van der Waals surface area (Å²) >= 11 is 5.10. The minimum absolute atomic E-state index is 0.0338. The van der Waals surface area contributed by atoms with E-state index in [9.17, 15) is 0 Å². The molecule has 17 heavy (non-hydrogen) atoms. The lowest BCUT2D eigenvalue weighted by Crippen LogP contribution is -2.42. The molecule has 0 saturated carbocycles. The van der Waals surface area contributed by atoms with Crippen LogP contribution in [0.25, 0.3) is 0 Å². The van der Waals surface area contributed by atoms with Crippen molar-refractivity contribution in [3.8, 4) is 0 Å². The van der Waals surface area contributed by atoms with Crippen LogP contribution in [-0.4, -0.2) is 42.2 Å². The molecule has 2 N–H and O–H groups in total. The van der Waals surface area contributed by atoms with Crippen LogP contribution >= 0.6 is 12.2 Å². The molecule has 1 atom stereocenters. The van der Waals surface area contributed by atoms with E-state index < -0.39 is 0 Å². The van der Waals surface area contributed by atoms with Gasteiger partial charge in [0, 0.05) is 18.6 Å². The fourth-order valence-electron chi connectivity index (χ4n) is 2.15. The quantitative estimate of drug-likeness (QED) is 0.741. The van der Waals surface area contributed by atoms with Crippen molar-refractivity contribution in [2.45, 2.75) is 46.1 Å². The lowest BCUT2D eigenvalue weighted by atomic mass is 9.89. The Bertz CT molecular complexity index is 254. The third-order valence-electron chi connectivity index (χ3n) is 3.58. The maximum atomic E-state index is 5.75. The second-order valence-corrected chi connectivity index (χ2v) is 5.96. The summed E-state index contributed by atoms with van der Waals surface area (Å²) in [5, 5.41) is 0. The van der Waals surface area contributed by atoms with Gasteiger partial charge in [-0.25, -0.2) is 0 Å². The molecule has 1 aliphatic rings. The molecule has 1 fully saturated rings. The summed E-state index contributed by atoms with van der Waals surface area (Å²) < 4.78 is 5.70. The van der Waals surface area contributed by atoms with Crippen LogP contribution in [0, 0.1) is 5.41 Å². The van der Waals surface area contributed by atoms with Crippen LogP contribution in [-0.2, 0) is 4.74 Å². The van der Waals surface area contributed by atoms with Gasteiger partial charge in [-0.15, -0.1) is 0 Å². The third kappa shape index (κ3) is 4.90. The average Bonchev–Trinajstić information content (AvgIpc) is 2.27. The summed E-state index contributed by atoms with van der Waals surface area (Å²) in [4.78, 5) is 3.10. The zero-order valence-electron chi connectivity index (χ0n) is 11.4. The van der Waals surface area contributed by atoms with E-state index >= 15 is 0 Å². The van der Waals surface area contributed by atoms with Gasteiger partial charge in [-0.3, -0.25) is 0 Å². The molecule has 4 heteroatoms. The Morgan fingerprint density at radius 1 is 1.53 bits per heavy atom. The molecule has 0 spiro atoms. The van der Waals surface area contributed by atoms with Gasteiger partial charge in [0.2, 0.25) is 0 Å². The van der Waals surface area contributed by atoms with Gasteiger partial charge in [0.05, 0.1) is 11.1 Å². The summed E-state index contributed by atoms with van der Waals surface area (Å²) in [6.45, 7) is 10.4. The summed E-state index contributed by atoms with van der Waals surface area (Å²) in [5.41, 5.74) is 5.72. The van der Waals surface area contributed by atoms with Gasteiger partial charge in [0.15, 0.2) is 0 Å². The zero-order valence-corrected chi connectivity index (χ0v) is 12.2. The summed E-state index contributed by atoms with van der Waals surface area (Å²) in [6, 6.07) is 0. The predicted molar refractivity (Wildman–Crippen MR) is 76.3 cm³/mol. The Hall–Kier alpha value is -0.190. The predicted octanol–water partition coefficient (Wildman–Crippen LogP) is 2.19. The smallest absolute Gasteiger partial charge is 0.0784 e. The van der Waals surface area contributed by atoms with E-state index in [1.54, 1.807) is 0 Å². The number of rotatable bonds is 6. The van der Waals surface area contributed by atoms with Gasteiger partial charge in [0.1, 0.15) is 0 Å². The summed E-state index contributed by atoms with van der Waals surface area (Å²) in [7, 11) is 0. The van der Waals surface area contributed by atoms with E-state index in [0.29, 0.717) is 11.1 Å². The maximum Gasteiger partial charge on any atom is 0.0784 e. The standard InChI is InChI=1S/C13H26N2OS/c1-4-16-11-6-5-8-15(10-11)9-7-13(2,3)12(14)17/h11H,4-10H2,1-3H3,(H2,14,17). The lowest BCUT2D eigenvalue weighted by Gasteiger charge is -2.34. The molecule has 1 saturated heterocycles. The molecule has 1 heterocycles. The first-order valence-electron chi connectivity index (χ1n) is 6.59. The topological polar surface area (TPSA) is 38.5 Å². The number of hydrogen-bond donors (Lipinski definition) is 1. The molecule has 0 bridgehead atoms. The average molecular weight is 258 g/mol. The van der Waals surface area contributed by atoms with Crippen molar-refractivity contribution in [2.24, 2.45) is 11.1 Å². The Kier molecular flexibility index (Phi) is 5.83. The number of hydrogen-bond acceptors (Lipinski definition) is 3. The Morgan fingerprint density at radius 2 is 2.24 bits per heavy atom. The van der Waals surface area contributed by atoms with Gasteiger partial charge in [-0.1, -0.05) is 26.1 Å². The van der Waals surface area contributed by atoms with E-state index in [2.05, 4.69) is 25.7 Å².